The van der Waals surface area contributed by atoms with E-state index >= 15 is 0 Å². The molecule has 4 nitrogen and oxygen atoms in total. The van der Waals surface area contributed by atoms with Crippen molar-refractivity contribution >= 4 is 33.3 Å². The number of nitrogens with one attached hydrogen (secondary N) is 1. The fourth-order valence-electron chi connectivity index (χ4n) is 2.43. The maximum Gasteiger partial charge on any atom is 0.317 e. The molecule has 0 spiro atoms. The Balaban J connectivity index is 1.86. The van der Waals surface area contributed by atoms with Gasteiger partial charge in [0.2, 0.25) is 0 Å². The first kappa shape index (κ1) is 14.8. The van der Waals surface area contributed by atoms with Crippen molar-refractivity contribution in [2.45, 2.75) is 38.3 Å². The van der Waals surface area contributed by atoms with Crippen molar-refractivity contribution in [1.29, 1.82) is 0 Å². The van der Waals surface area contributed by atoms with E-state index in [1.54, 1.807) is 11.3 Å². The van der Waals surface area contributed by atoms with Crippen LogP contribution < -0.4 is 5.32 Å². The number of halogens is 1. The van der Waals surface area contributed by atoms with Crippen LogP contribution >= 0.6 is 27.3 Å². The van der Waals surface area contributed by atoms with Crippen LogP contribution in [0.1, 0.15) is 30.6 Å². The van der Waals surface area contributed by atoms with Crippen molar-refractivity contribution < 1.29 is 9.90 Å². The minimum atomic E-state index is -0.0114. The number of thiophene rings is 1. The fraction of sp³-hybridized carbons (Fsp3) is 0.615. The molecule has 1 atom stereocenters. The highest BCUT2D eigenvalue weighted by Gasteiger charge is 2.25. The van der Waals surface area contributed by atoms with Crippen LogP contribution in [0.25, 0.3) is 0 Å². The highest BCUT2D eigenvalue weighted by Crippen LogP contribution is 2.22. The van der Waals surface area contributed by atoms with Gasteiger partial charge in [-0.3, -0.25) is 0 Å². The van der Waals surface area contributed by atoms with Crippen LogP contribution in [0.4, 0.5) is 4.79 Å². The van der Waals surface area contributed by atoms with E-state index < -0.39 is 0 Å². The van der Waals surface area contributed by atoms with Gasteiger partial charge in [0.25, 0.3) is 0 Å². The van der Waals surface area contributed by atoms with E-state index in [1.807, 2.05) is 17.0 Å². The molecule has 6 heteroatoms. The lowest BCUT2D eigenvalue weighted by Gasteiger charge is -2.35. The van der Waals surface area contributed by atoms with E-state index in [0.29, 0.717) is 13.0 Å². The first-order chi connectivity index (χ1) is 9.20. The van der Waals surface area contributed by atoms with Gasteiger partial charge in [0.15, 0.2) is 0 Å². The highest BCUT2D eigenvalue weighted by molar-refractivity contribution is 9.11. The zero-order valence-electron chi connectivity index (χ0n) is 10.8. The number of rotatable bonds is 4. The second kappa shape index (κ2) is 7.26. The Morgan fingerprint density at radius 3 is 3.05 bits per heavy atom. The van der Waals surface area contributed by atoms with Gasteiger partial charge in [-0.05, 0) is 53.7 Å². The van der Waals surface area contributed by atoms with Crippen LogP contribution in [-0.4, -0.2) is 35.2 Å². The third-order valence-corrected chi connectivity index (χ3v) is 5.02. The predicted molar refractivity (Wildman–Crippen MR) is 80.3 cm³/mol. The molecule has 106 valence electrons. The summed E-state index contributed by atoms with van der Waals surface area (Å²) in [6.07, 6.45) is 3.88. The summed E-state index contributed by atoms with van der Waals surface area (Å²) in [5, 5.41) is 12.0. The van der Waals surface area contributed by atoms with E-state index in [0.717, 1.165) is 34.5 Å². The summed E-state index contributed by atoms with van der Waals surface area (Å²) in [5.41, 5.74) is 0. The summed E-state index contributed by atoms with van der Waals surface area (Å²) in [4.78, 5) is 15.2. The molecule has 1 unspecified atom stereocenters. The Kier molecular flexibility index (Phi) is 5.66. The monoisotopic (exact) mass is 346 g/mol. The molecule has 2 heterocycles. The number of hydrogen-bond acceptors (Lipinski definition) is 3. The summed E-state index contributed by atoms with van der Waals surface area (Å²) in [7, 11) is 0. The molecule has 0 aromatic carbocycles. The lowest BCUT2D eigenvalue weighted by Crippen LogP contribution is -2.48. The van der Waals surface area contributed by atoms with Crippen LogP contribution in [0, 0.1) is 0 Å². The van der Waals surface area contributed by atoms with E-state index in [9.17, 15) is 4.79 Å². The number of carbonyl (C=O) groups excluding carboxylic acids is 1. The number of aliphatic hydroxyl groups is 1. The molecular weight excluding hydrogens is 328 g/mol. The number of urea groups is 1. The zero-order valence-corrected chi connectivity index (χ0v) is 13.2. The molecule has 0 aliphatic carbocycles. The molecule has 0 saturated carbocycles. The van der Waals surface area contributed by atoms with Gasteiger partial charge in [-0.2, -0.15) is 0 Å². The Labute approximate surface area is 125 Å². The molecule has 2 amide bonds. The number of carbonyl (C=O) groups is 1. The van der Waals surface area contributed by atoms with Gasteiger partial charge in [-0.1, -0.05) is 0 Å². The van der Waals surface area contributed by atoms with Crippen LogP contribution in [0.2, 0.25) is 0 Å². The summed E-state index contributed by atoms with van der Waals surface area (Å²) in [5.74, 6) is 0. The zero-order chi connectivity index (χ0) is 13.7. The van der Waals surface area contributed by atoms with Crippen molar-refractivity contribution in [1.82, 2.24) is 10.2 Å². The molecule has 1 saturated heterocycles. The Morgan fingerprint density at radius 1 is 1.53 bits per heavy atom. The molecule has 1 aliphatic rings. The molecule has 0 bridgehead atoms. The standard InChI is InChI=1S/C13H19BrN2O2S/c14-12-5-4-11(19-12)9-15-13(18)16-7-2-1-3-10(16)6-8-17/h4-5,10,17H,1-3,6-9H2,(H,15,18). The minimum Gasteiger partial charge on any atom is -0.396 e. The average Bonchev–Trinajstić information content (AvgIpc) is 2.83. The number of piperidine rings is 1. The third-order valence-electron chi connectivity index (χ3n) is 3.39. The normalized spacial score (nSPS) is 19.5. The SMILES string of the molecule is O=C(NCc1ccc(Br)s1)N1CCCCC1CCO. The molecule has 2 N–H and O–H groups in total. The molecule has 1 aliphatic heterocycles. The van der Waals surface area contributed by atoms with Crippen molar-refractivity contribution in [2.75, 3.05) is 13.2 Å². The van der Waals surface area contributed by atoms with Gasteiger partial charge in [0.05, 0.1) is 10.3 Å². The second-order valence-corrected chi connectivity index (χ2v) is 7.27. The van der Waals surface area contributed by atoms with Crippen molar-refractivity contribution in [2.24, 2.45) is 0 Å². The number of amides is 2. The molecule has 1 fully saturated rings. The number of nitrogens with zero attached hydrogens (tertiary/aromatic N) is 1. The van der Waals surface area contributed by atoms with Crippen molar-refractivity contribution in [3.63, 3.8) is 0 Å². The average molecular weight is 347 g/mol. The highest BCUT2D eigenvalue weighted by atomic mass is 79.9. The summed E-state index contributed by atoms with van der Waals surface area (Å²) >= 11 is 5.04. The molecular formula is C13H19BrN2O2S. The first-order valence-corrected chi connectivity index (χ1v) is 8.21. The quantitative estimate of drug-likeness (QED) is 0.880. The summed E-state index contributed by atoms with van der Waals surface area (Å²) in [6, 6.07) is 4.18. The van der Waals surface area contributed by atoms with Gasteiger partial charge in [-0.15, -0.1) is 11.3 Å². The van der Waals surface area contributed by atoms with Gasteiger partial charge in [0.1, 0.15) is 0 Å². The Hall–Kier alpha value is -0.590. The van der Waals surface area contributed by atoms with Crippen molar-refractivity contribution in [3.8, 4) is 0 Å². The first-order valence-electron chi connectivity index (χ1n) is 6.60. The van der Waals surface area contributed by atoms with Crippen molar-refractivity contribution in [3.05, 3.63) is 20.8 Å². The Bertz CT molecular complexity index is 423. The fourth-order valence-corrected chi connectivity index (χ4v) is 3.85. The third kappa shape index (κ3) is 4.19. The molecule has 19 heavy (non-hydrogen) atoms. The maximum atomic E-state index is 12.2. The molecule has 1 aromatic rings. The van der Waals surface area contributed by atoms with Crippen LogP contribution in [0.3, 0.4) is 0 Å². The lowest BCUT2D eigenvalue weighted by molar-refractivity contribution is 0.131. The van der Waals surface area contributed by atoms with Gasteiger partial charge < -0.3 is 15.3 Å². The lowest BCUT2D eigenvalue weighted by atomic mass is 10.0. The van der Waals surface area contributed by atoms with Gasteiger partial charge in [0, 0.05) is 24.1 Å². The summed E-state index contributed by atoms with van der Waals surface area (Å²) < 4.78 is 1.08. The largest absolute Gasteiger partial charge is 0.396 e. The molecule has 0 radical (unpaired) electrons. The number of hydrogen-bond donors (Lipinski definition) is 2. The van der Waals surface area contributed by atoms with Gasteiger partial charge in [-0.25, -0.2) is 4.79 Å². The van der Waals surface area contributed by atoms with Crippen LogP contribution in [0.5, 0.6) is 0 Å². The molecule has 1 aromatic heterocycles. The predicted octanol–water partition coefficient (Wildman–Crippen LogP) is 2.96. The molecule has 2 rings (SSSR count). The van der Waals surface area contributed by atoms with Gasteiger partial charge >= 0.3 is 6.03 Å². The smallest absolute Gasteiger partial charge is 0.317 e. The van der Waals surface area contributed by atoms with Crippen LogP contribution in [0.15, 0.2) is 15.9 Å². The van der Waals surface area contributed by atoms with Crippen LogP contribution in [-0.2, 0) is 6.54 Å². The minimum absolute atomic E-state index is 0.0114. The Morgan fingerprint density at radius 2 is 2.37 bits per heavy atom. The second-order valence-electron chi connectivity index (χ2n) is 4.72. The van der Waals surface area contributed by atoms with E-state index in [4.69, 9.17) is 5.11 Å². The number of aliphatic hydroxyl groups excluding tert-OH is 1. The topological polar surface area (TPSA) is 52.6 Å². The van der Waals surface area contributed by atoms with E-state index in [-0.39, 0.29) is 18.7 Å². The van der Waals surface area contributed by atoms with E-state index in [2.05, 4.69) is 21.2 Å². The summed E-state index contributed by atoms with van der Waals surface area (Å²) in [6.45, 7) is 1.51. The number of likely N-dealkylation sites (tertiary alicyclic amines) is 1. The maximum absolute atomic E-state index is 12.2. The van der Waals surface area contributed by atoms with E-state index in [1.165, 1.54) is 0 Å².